The van der Waals surface area contributed by atoms with Crippen molar-refractivity contribution in [2.75, 3.05) is 10.7 Å². The van der Waals surface area contributed by atoms with Crippen molar-refractivity contribution in [3.63, 3.8) is 0 Å². The monoisotopic (exact) mass is 477 g/mol. The number of amides is 1. The van der Waals surface area contributed by atoms with E-state index in [9.17, 15) is 27.6 Å². The molecule has 33 heavy (non-hydrogen) atoms. The Hall–Kier alpha value is -3.74. The molecule has 0 radical (unpaired) electrons. The highest BCUT2D eigenvalue weighted by atomic mass is 32.2. The summed E-state index contributed by atoms with van der Waals surface area (Å²) in [5.74, 6) is -2.07. The Morgan fingerprint density at radius 1 is 1.15 bits per heavy atom. The maximum absolute atomic E-state index is 13.4. The van der Waals surface area contributed by atoms with Crippen LogP contribution in [0, 0.1) is 0 Å². The predicted octanol–water partition coefficient (Wildman–Crippen LogP) is 0.106. The van der Waals surface area contributed by atoms with E-state index in [2.05, 4.69) is 5.10 Å². The fourth-order valence-electron chi connectivity index (χ4n) is 3.57. The molecule has 0 bridgehead atoms. The van der Waals surface area contributed by atoms with Gasteiger partial charge in [-0.15, -0.1) is 13.8 Å². The Labute approximate surface area is 188 Å². The Balaban J connectivity index is 2.60. The molecule has 13 heteroatoms. The Morgan fingerprint density at radius 2 is 1.79 bits per heavy atom. The number of benzene rings is 1. The van der Waals surface area contributed by atoms with E-state index in [0.29, 0.717) is 22.2 Å². The highest BCUT2D eigenvalue weighted by molar-refractivity contribution is 7.92. The Morgan fingerprint density at radius 3 is 2.24 bits per heavy atom. The smallest absolute Gasteiger partial charge is 0.332 e. The molecular formula is C20H23N5O7S. The molecule has 0 atom stereocenters. The number of nitrogens with zero attached hydrogens (tertiary/aromatic N) is 5. The summed E-state index contributed by atoms with van der Waals surface area (Å²) >= 11 is 0. The minimum Gasteiger partial charge on any atom is -0.332 e. The van der Waals surface area contributed by atoms with E-state index in [4.69, 9.17) is 4.84 Å². The molecule has 12 nitrogen and oxygen atoms in total. The van der Waals surface area contributed by atoms with Gasteiger partial charge in [-0.25, -0.2) is 18.0 Å². The summed E-state index contributed by atoms with van der Waals surface area (Å²) in [5, 5.41) is 4.00. The van der Waals surface area contributed by atoms with Gasteiger partial charge in [0.1, 0.15) is 0 Å². The lowest BCUT2D eigenvalue weighted by Crippen LogP contribution is -2.57. The van der Waals surface area contributed by atoms with Gasteiger partial charge >= 0.3 is 11.7 Å². The molecule has 0 aliphatic heterocycles. The van der Waals surface area contributed by atoms with Gasteiger partial charge in [-0.2, -0.15) is 5.10 Å². The van der Waals surface area contributed by atoms with E-state index in [1.54, 1.807) is 24.0 Å². The van der Waals surface area contributed by atoms with Crippen molar-refractivity contribution in [3.05, 3.63) is 50.8 Å². The number of sulfonamides is 1. The molecule has 0 saturated heterocycles. The van der Waals surface area contributed by atoms with Crippen molar-refractivity contribution in [2.24, 2.45) is 7.05 Å². The van der Waals surface area contributed by atoms with Crippen LogP contribution in [0.3, 0.4) is 0 Å². The molecule has 0 fully saturated rings. The number of aromatic nitrogens is 4. The third kappa shape index (κ3) is 4.18. The van der Waals surface area contributed by atoms with Gasteiger partial charge in [0.2, 0.25) is 0 Å². The molecule has 1 aromatic carbocycles. The molecule has 3 rings (SSSR count). The first-order valence-corrected chi connectivity index (χ1v) is 11.6. The zero-order valence-corrected chi connectivity index (χ0v) is 19.7. The second-order valence-electron chi connectivity index (χ2n) is 7.75. The lowest BCUT2D eigenvalue weighted by Gasteiger charge is -2.22. The van der Waals surface area contributed by atoms with Crippen LogP contribution in [0.15, 0.2) is 34.0 Å². The largest absolute Gasteiger partial charge is 0.385 e. The van der Waals surface area contributed by atoms with Gasteiger partial charge in [0, 0.05) is 32.7 Å². The predicted molar refractivity (Wildman–Crippen MR) is 120 cm³/mol. The number of hydrogen-bond donors (Lipinski definition) is 0. The molecule has 176 valence electrons. The number of fused-ring (bicyclic) bond motifs is 1. The third-order valence-corrected chi connectivity index (χ3v) is 5.92. The molecule has 0 unspecified atom stereocenters. The third-order valence-electron chi connectivity index (χ3n) is 4.87. The molecule has 1 amide bonds. The van der Waals surface area contributed by atoms with Crippen LogP contribution in [0.5, 0.6) is 0 Å². The van der Waals surface area contributed by atoms with Crippen molar-refractivity contribution in [1.82, 2.24) is 19.2 Å². The van der Waals surface area contributed by atoms with E-state index in [1.165, 1.54) is 12.1 Å². The van der Waals surface area contributed by atoms with E-state index in [0.717, 1.165) is 19.4 Å². The minimum atomic E-state index is -4.38. The van der Waals surface area contributed by atoms with Crippen LogP contribution in [0.2, 0.25) is 0 Å². The standard InChI is InChI=1S/C20H23N5O7S/c1-11(2)14-10-18-16(9-15(14)17-7-8-21-22(17)5)19(28)23(20(29)24(18)32-13(4)27)25(12(3)26)33(6,30)31/h7-11H,1-6H3. The van der Waals surface area contributed by atoms with Crippen molar-refractivity contribution in [2.45, 2.75) is 33.6 Å². The van der Waals surface area contributed by atoms with Crippen molar-refractivity contribution >= 4 is 32.8 Å². The lowest BCUT2D eigenvalue weighted by atomic mass is 9.93. The van der Waals surface area contributed by atoms with Crippen molar-refractivity contribution in [1.29, 1.82) is 0 Å². The van der Waals surface area contributed by atoms with Crippen molar-refractivity contribution in [3.8, 4) is 11.3 Å². The van der Waals surface area contributed by atoms with E-state index < -0.39 is 33.1 Å². The van der Waals surface area contributed by atoms with Gasteiger partial charge in [0.25, 0.3) is 21.5 Å². The van der Waals surface area contributed by atoms with Crippen molar-refractivity contribution < 1.29 is 22.8 Å². The number of carbonyl (C=O) groups is 2. The number of hydrogen-bond acceptors (Lipinski definition) is 8. The van der Waals surface area contributed by atoms with Gasteiger partial charge in [-0.05, 0) is 29.7 Å². The number of rotatable bonds is 5. The fraction of sp³-hybridized carbons (Fsp3) is 0.350. The van der Waals surface area contributed by atoms with Crippen LogP contribution in [-0.4, -0.2) is 45.7 Å². The van der Waals surface area contributed by atoms with Crippen LogP contribution in [0.25, 0.3) is 22.2 Å². The summed E-state index contributed by atoms with van der Waals surface area (Å²) in [6.07, 6.45) is 2.24. The normalized spacial score (nSPS) is 11.7. The molecule has 3 aromatic rings. The van der Waals surface area contributed by atoms with E-state index in [-0.39, 0.29) is 25.9 Å². The highest BCUT2D eigenvalue weighted by Gasteiger charge is 2.29. The van der Waals surface area contributed by atoms with E-state index in [1.807, 2.05) is 13.8 Å². The molecule has 0 spiro atoms. The zero-order valence-electron chi connectivity index (χ0n) is 18.9. The molecule has 0 saturated carbocycles. The molecule has 0 aliphatic rings. The quantitative estimate of drug-likeness (QED) is 0.504. The Kier molecular flexibility index (Phi) is 6.02. The second kappa shape index (κ2) is 8.31. The SMILES string of the molecule is CC(=O)On1c(=O)n(N(C(C)=O)S(C)(=O)=O)c(=O)c2cc(-c3ccnn3C)c(C(C)C)cc21. The van der Waals surface area contributed by atoms with Crippen LogP contribution in [0.4, 0.5) is 0 Å². The fourth-order valence-corrected chi connectivity index (χ4v) is 4.48. The average Bonchev–Trinajstić information content (AvgIpc) is 3.11. The summed E-state index contributed by atoms with van der Waals surface area (Å²) in [6.45, 7) is 5.73. The van der Waals surface area contributed by atoms with E-state index >= 15 is 0 Å². The maximum atomic E-state index is 13.4. The topological polar surface area (TPSA) is 143 Å². The maximum Gasteiger partial charge on any atom is 0.385 e. The first-order valence-electron chi connectivity index (χ1n) is 9.79. The van der Waals surface area contributed by atoms with Crippen LogP contribution in [0.1, 0.15) is 39.2 Å². The summed E-state index contributed by atoms with van der Waals surface area (Å²) in [7, 11) is -2.67. The first-order chi connectivity index (χ1) is 15.3. The second-order valence-corrected chi connectivity index (χ2v) is 9.57. The summed E-state index contributed by atoms with van der Waals surface area (Å²) in [4.78, 5) is 55.5. The first kappa shape index (κ1) is 23.9. The highest BCUT2D eigenvalue weighted by Crippen LogP contribution is 2.31. The molecule has 2 aromatic heterocycles. The molecule has 2 heterocycles. The minimum absolute atomic E-state index is 0.0389. The van der Waals surface area contributed by atoms with Gasteiger partial charge in [0.15, 0.2) is 0 Å². The van der Waals surface area contributed by atoms with Gasteiger partial charge in [-0.1, -0.05) is 13.8 Å². The molecular weight excluding hydrogens is 454 g/mol. The summed E-state index contributed by atoms with van der Waals surface area (Å²) in [5.41, 5.74) is -0.478. The number of aryl methyl sites for hydroxylation is 1. The molecule has 0 aliphatic carbocycles. The van der Waals surface area contributed by atoms with Gasteiger partial charge < -0.3 is 4.84 Å². The van der Waals surface area contributed by atoms with Crippen LogP contribution < -0.4 is 20.5 Å². The van der Waals surface area contributed by atoms with Gasteiger partial charge in [-0.3, -0.25) is 14.3 Å². The Bertz CT molecular complexity index is 1510. The van der Waals surface area contributed by atoms with Gasteiger partial charge in [0.05, 0.1) is 22.9 Å². The zero-order chi connectivity index (χ0) is 24.8. The lowest BCUT2D eigenvalue weighted by molar-refractivity contribution is -0.141. The summed E-state index contributed by atoms with van der Waals surface area (Å²) in [6, 6.07) is 4.71. The molecule has 0 N–H and O–H groups in total. The van der Waals surface area contributed by atoms with Crippen LogP contribution in [-0.2, 0) is 26.7 Å². The average molecular weight is 477 g/mol. The van der Waals surface area contributed by atoms with Crippen LogP contribution >= 0.6 is 0 Å². The number of carbonyl (C=O) groups excluding carboxylic acids is 2. The summed E-state index contributed by atoms with van der Waals surface area (Å²) < 4.78 is 26.8.